The number of ether oxygens (including phenoxy) is 2. The van der Waals surface area contributed by atoms with Gasteiger partial charge in [0.2, 0.25) is 0 Å². The van der Waals surface area contributed by atoms with Crippen LogP contribution in [0.15, 0.2) is 45.6 Å². The quantitative estimate of drug-likeness (QED) is 0.727. The smallest absolute Gasteiger partial charge is 0.193 e. The summed E-state index contributed by atoms with van der Waals surface area (Å²) in [7, 11) is 2.90. The predicted octanol–water partition coefficient (Wildman–Crippen LogP) is 3.41. The minimum absolute atomic E-state index is 0.140. The van der Waals surface area contributed by atoms with Gasteiger partial charge in [-0.1, -0.05) is 0 Å². The summed E-state index contributed by atoms with van der Waals surface area (Å²) < 4.78 is 30.8. The van der Waals surface area contributed by atoms with Crippen LogP contribution in [0.25, 0.3) is 22.3 Å². The van der Waals surface area contributed by atoms with Crippen LogP contribution < -0.4 is 25.1 Å². The molecule has 1 saturated heterocycles. The lowest BCUT2D eigenvalue weighted by Crippen LogP contribution is -2.49. The first-order valence-electron chi connectivity index (χ1n) is 9.48. The molecule has 3 aromatic rings. The number of hydrogen-bond acceptors (Lipinski definition) is 6. The van der Waals surface area contributed by atoms with Crippen molar-refractivity contribution in [2.24, 2.45) is 0 Å². The van der Waals surface area contributed by atoms with Crippen LogP contribution in [0.4, 0.5) is 10.1 Å². The first-order valence-corrected chi connectivity index (χ1v) is 9.48. The van der Waals surface area contributed by atoms with Gasteiger partial charge in [0.25, 0.3) is 0 Å². The summed E-state index contributed by atoms with van der Waals surface area (Å²) in [4.78, 5) is 15.0. The van der Waals surface area contributed by atoms with Crippen LogP contribution in [0.2, 0.25) is 0 Å². The summed E-state index contributed by atoms with van der Waals surface area (Å²) in [5, 5.41) is 3.87. The third kappa shape index (κ3) is 3.65. The Morgan fingerprint density at radius 1 is 1.14 bits per heavy atom. The lowest BCUT2D eigenvalue weighted by atomic mass is 10.1. The zero-order valence-electron chi connectivity index (χ0n) is 16.6. The Hall–Kier alpha value is -3.06. The van der Waals surface area contributed by atoms with E-state index in [0.29, 0.717) is 22.8 Å². The van der Waals surface area contributed by atoms with Crippen molar-refractivity contribution < 1.29 is 18.3 Å². The molecule has 0 radical (unpaired) electrons. The summed E-state index contributed by atoms with van der Waals surface area (Å²) in [5.41, 5.74) is 1.30. The molecule has 0 aliphatic carbocycles. The molecule has 6 nitrogen and oxygen atoms in total. The molecule has 4 rings (SSSR count). The highest BCUT2D eigenvalue weighted by Gasteiger charge is 2.19. The van der Waals surface area contributed by atoms with E-state index in [4.69, 9.17) is 13.9 Å². The number of benzene rings is 2. The average Bonchev–Trinajstić information content (AvgIpc) is 2.73. The van der Waals surface area contributed by atoms with Crippen molar-refractivity contribution >= 4 is 16.7 Å². The van der Waals surface area contributed by atoms with Crippen LogP contribution >= 0.6 is 0 Å². The Kier molecular flexibility index (Phi) is 5.15. The predicted molar refractivity (Wildman–Crippen MR) is 111 cm³/mol. The molecule has 2 aromatic carbocycles. The third-order valence-electron chi connectivity index (χ3n) is 5.18. The second-order valence-corrected chi connectivity index (χ2v) is 7.14. The second kappa shape index (κ2) is 7.75. The monoisotopic (exact) mass is 398 g/mol. The van der Waals surface area contributed by atoms with E-state index >= 15 is 0 Å². The zero-order valence-corrected chi connectivity index (χ0v) is 16.6. The largest absolute Gasteiger partial charge is 0.493 e. The standard InChI is InChI=1S/C22H23FN2O4/c1-13-12-25(7-6-24-13)14-4-5-19-16(8-14)18(26)11-20(29-19)15-9-21(27-2)22(28-3)10-17(15)23/h4-5,8-11,13,24H,6-7,12H2,1-3H3. The maximum atomic E-state index is 14.6. The highest BCUT2D eigenvalue weighted by molar-refractivity contribution is 5.82. The number of methoxy groups -OCH3 is 2. The molecule has 1 atom stereocenters. The molecular weight excluding hydrogens is 375 g/mol. The molecule has 152 valence electrons. The number of halogens is 1. The molecule has 1 aromatic heterocycles. The number of hydrogen-bond donors (Lipinski definition) is 1. The molecule has 1 aliphatic heterocycles. The topological polar surface area (TPSA) is 63.9 Å². The minimum atomic E-state index is -0.559. The fraction of sp³-hybridized carbons (Fsp3) is 0.318. The molecule has 2 heterocycles. The maximum Gasteiger partial charge on any atom is 0.193 e. The van der Waals surface area contributed by atoms with Gasteiger partial charge in [0.05, 0.1) is 25.2 Å². The van der Waals surface area contributed by atoms with Crippen molar-refractivity contribution in [3.05, 3.63) is 52.4 Å². The number of rotatable bonds is 4. The summed E-state index contributed by atoms with van der Waals surface area (Å²) in [6.07, 6.45) is 0. The summed E-state index contributed by atoms with van der Waals surface area (Å²) in [6.45, 7) is 4.76. The maximum absolute atomic E-state index is 14.6. The minimum Gasteiger partial charge on any atom is -0.493 e. The van der Waals surface area contributed by atoms with Crippen LogP contribution in [0.1, 0.15) is 6.92 Å². The van der Waals surface area contributed by atoms with Gasteiger partial charge in [-0.15, -0.1) is 0 Å². The van der Waals surface area contributed by atoms with Gasteiger partial charge in [0.15, 0.2) is 16.9 Å². The molecular formula is C22H23FN2O4. The Balaban J connectivity index is 1.77. The molecule has 29 heavy (non-hydrogen) atoms. The van der Waals surface area contributed by atoms with Crippen molar-refractivity contribution in [3.8, 4) is 22.8 Å². The summed E-state index contributed by atoms with van der Waals surface area (Å²) in [6, 6.07) is 9.91. The second-order valence-electron chi connectivity index (χ2n) is 7.14. The van der Waals surface area contributed by atoms with E-state index < -0.39 is 5.82 Å². The van der Waals surface area contributed by atoms with E-state index in [1.165, 1.54) is 32.4 Å². The number of nitrogens with one attached hydrogen (secondary N) is 1. The molecule has 1 N–H and O–H groups in total. The van der Waals surface area contributed by atoms with Gasteiger partial charge in [0, 0.05) is 43.5 Å². The number of nitrogens with zero attached hydrogens (tertiary/aromatic N) is 1. The van der Waals surface area contributed by atoms with Gasteiger partial charge in [-0.2, -0.15) is 0 Å². The van der Waals surface area contributed by atoms with Gasteiger partial charge in [-0.05, 0) is 31.2 Å². The van der Waals surface area contributed by atoms with E-state index in [-0.39, 0.29) is 22.5 Å². The van der Waals surface area contributed by atoms with E-state index in [1.807, 2.05) is 12.1 Å². The van der Waals surface area contributed by atoms with E-state index in [0.717, 1.165) is 25.3 Å². The molecule has 1 unspecified atom stereocenters. The number of piperazine rings is 1. The van der Waals surface area contributed by atoms with Crippen molar-refractivity contribution in [1.29, 1.82) is 0 Å². The summed E-state index contributed by atoms with van der Waals surface area (Å²) in [5.74, 6) is 0.211. The van der Waals surface area contributed by atoms with Crippen molar-refractivity contribution in [2.45, 2.75) is 13.0 Å². The number of anilines is 1. The highest BCUT2D eigenvalue weighted by Crippen LogP contribution is 2.35. The van der Waals surface area contributed by atoms with Crippen molar-refractivity contribution in [1.82, 2.24) is 5.32 Å². The van der Waals surface area contributed by atoms with Crippen LogP contribution in [-0.2, 0) is 0 Å². The highest BCUT2D eigenvalue weighted by atomic mass is 19.1. The molecule has 0 amide bonds. The Bertz CT molecular complexity index is 1110. The first kappa shape index (κ1) is 19.3. The Labute approximate surface area is 167 Å². The van der Waals surface area contributed by atoms with Crippen LogP contribution in [0.3, 0.4) is 0 Å². The molecule has 1 fully saturated rings. The van der Waals surface area contributed by atoms with E-state index in [2.05, 4.69) is 17.1 Å². The molecule has 0 bridgehead atoms. The normalized spacial score (nSPS) is 16.8. The van der Waals surface area contributed by atoms with Gasteiger partial charge in [-0.3, -0.25) is 4.79 Å². The summed E-state index contributed by atoms with van der Waals surface area (Å²) >= 11 is 0. The zero-order chi connectivity index (χ0) is 20.5. The number of fused-ring (bicyclic) bond motifs is 1. The molecule has 7 heteroatoms. The molecule has 1 aliphatic rings. The fourth-order valence-electron chi connectivity index (χ4n) is 3.68. The lowest BCUT2D eigenvalue weighted by molar-refractivity contribution is 0.352. The van der Waals surface area contributed by atoms with Gasteiger partial charge >= 0.3 is 0 Å². The SMILES string of the molecule is COc1cc(F)c(-c2cc(=O)c3cc(N4CCNC(C)C4)ccc3o2)cc1OC. The first-order chi connectivity index (χ1) is 14.0. The van der Waals surface area contributed by atoms with E-state index in [9.17, 15) is 9.18 Å². The van der Waals surface area contributed by atoms with E-state index in [1.54, 1.807) is 6.07 Å². The van der Waals surface area contributed by atoms with Crippen LogP contribution in [-0.4, -0.2) is 39.9 Å². The Morgan fingerprint density at radius 3 is 2.62 bits per heavy atom. The lowest BCUT2D eigenvalue weighted by Gasteiger charge is -2.33. The van der Waals surface area contributed by atoms with Gasteiger partial charge in [-0.25, -0.2) is 4.39 Å². The van der Waals surface area contributed by atoms with Gasteiger partial charge in [0.1, 0.15) is 17.2 Å². The third-order valence-corrected chi connectivity index (χ3v) is 5.18. The van der Waals surface area contributed by atoms with Crippen LogP contribution in [0, 0.1) is 5.82 Å². The molecule has 0 saturated carbocycles. The van der Waals surface area contributed by atoms with Gasteiger partial charge < -0.3 is 24.1 Å². The average molecular weight is 398 g/mol. The fourth-order valence-corrected chi connectivity index (χ4v) is 3.68. The van der Waals surface area contributed by atoms with Crippen molar-refractivity contribution in [2.75, 3.05) is 38.8 Å². The van der Waals surface area contributed by atoms with Crippen LogP contribution in [0.5, 0.6) is 11.5 Å². The Morgan fingerprint density at radius 2 is 1.90 bits per heavy atom. The van der Waals surface area contributed by atoms with Crippen molar-refractivity contribution in [3.63, 3.8) is 0 Å². The molecule has 0 spiro atoms.